The van der Waals surface area contributed by atoms with Crippen LogP contribution in [-0.2, 0) is 4.79 Å². The van der Waals surface area contributed by atoms with Gasteiger partial charge in [0.05, 0.1) is 17.4 Å². The lowest BCUT2D eigenvalue weighted by Crippen LogP contribution is -2.33. The van der Waals surface area contributed by atoms with Crippen LogP contribution in [0, 0.1) is 0 Å². The molecule has 2 aromatic carbocycles. The van der Waals surface area contributed by atoms with Crippen molar-refractivity contribution >= 4 is 29.3 Å². The van der Waals surface area contributed by atoms with Crippen LogP contribution in [0.1, 0.15) is 32.6 Å². The average Bonchev–Trinajstić information content (AvgIpc) is 3.03. The summed E-state index contributed by atoms with van der Waals surface area (Å²) in [5.74, 6) is 1.92. The topological polar surface area (TPSA) is 60.2 Å². The van der Waals surface area contributed by atoms with Gasteiger partial charge < -0.3 is 9.64 Å². The highest BCUT2D eigenvalue weighted by Crippen LogP contribution is 2.32. The van der Waals surface area contributed by atoms with E-state index in [9.17, 15) is 4.79 Å². The van der Waals surface area contributed by atoms with Gasteiger partial charge in [-0.25, -0.2) is 0 Å². The second kappa shape index (κ2) is 10.9. The fourth-order valence-electron chi connectivity index (χ4n) is 3.81. The number of amides is 1. The van der Waals surface area contributed by atoms with Gasteiger partial charge in [-0.15, -0.1) is 10.2 Å². The molecule has 0 unspecified atom stereocenters. The van der Waals surface area contributed by atoms with Crippen LogP contribution < -0.4 is 4.74 Å². The van der Waals surface area contributed by atoms with E-state index in [1.165, 1.54) is 24.6 Å². The van der Waals surface area contributed by atoms with E-state index in [0.29, 0.717) is 28.4 Å². The number of likely N-dealkylation sites (tertiary alicyclic amines) is 1. The summed E-state index contributed by atoms with van der Waals surface area (Å²) in [5, 5.41) is 10.1. The number of carbonyl (C=O) groups is 1. The highest BCUT2D eigenvalue weighted by Gasteiger charge is 2.21. The summed E-state index contributed by atoms with van der Waals surface area (Å²) in [5.41, 5.74) is 1.68. The van der Waals surface area contributed by atoms with Gasteiger partial charge in [0.2, 0.25) is 5.91 Å². The molecule has 32 heavy (non-hydrogen) atoms. The Morgan fingerprint density at radius 1 is 1.03 bits per heavy atom. The van der Waals surface area contributed by atoms with Crippen molar-refractivity contribution in [2.24, 2.45) is 0 Å². The number of aromatic nitrogens is 3. The maximum atomic E-state index is 12.8. The van der Waals surface area contributed by atoms with Crippen LogP contribution in [0.25, 0.3) is 17.1 Å². The van der Waals surface area contributed by atoms with Crippen LogP contribution >= 0.6 is 23.4 Å². The summed E-state index contributed by atoms with van der Waals surface area (Å²) in [6, 6.07) is 15.4. The Labute approximate surface area is 197 Å². The van der Waals surface area contributed by atoms with Gasteiger partial charge in [-0.3, -0.25) is 9.36 Å². The summed E-state index contributed by atoms with van der Waals surface area (Å²) < 4.78 is 7.54. The van der Waals surface area contributed by atoms with Crippen molar-refractivity contribution < 1.29 is 9.53 Å². The fraction of sp³-hybridized carbons (Fsp3) is 0.375. The molecule has 8 heteroatoms. The van der Waals surface area contributed by atoms with E-state index in [1.807, 2.05) is 64.9 Å². The summed E-state index contributed by atoms with van der Waals surface area (Å²) in [7, 11) is 0. The molecule has 6 nitrogen and oxygen atoms in total. The number of halogens is 1. The third-order valence-corrected chi connectivity index (χ3v) is 6.68. The maximum Gasteiger partial charge on any atom is 0.233 e. The van der Waals surface area contributed by atoms with Gasteiger partial charge in [0, 0.05) is 24.3 Å². The second-order valence-electron chi connectivity index (χ2n) is 7.63. The van der Waals surface area contributed by atoms with Gasteiger partial charge in [0.15, 0.2) is 11.0 Å². The molecule has 3 aromatic rings. The molecule has 1 fully saturated rings. The number of ether oxygens (including phenoxy) is 1. The molecule has 0 aliphatic carbocycles. The van der Waals surface area contributed by atoms with Crippen molar-refractivity contribution in [2.75, 3.05) is 25.4 Å². The minimum atomic E-state index is 0.150. The van der Waals surface area contributed by atoms with Crippen molar-refractivity contribution in [2.45, 2.75) is 37.8 Å². The van der Waals surface area contributed by atoms with Crippen LogP contribution in [0.5, 0.6) is 5.75 Å². The molecule has 2 heterocycles. The standard InChI is InChI=1S/C24H27ClN4O2S/c1-2-31-19-13-11-18(12-14-19)29-23(20-9-5-6-10-21(20)25)26-27-24(29)32-17-22(30)28-15-7-3-4-8-16-28/h5-6,9-14H,2-4,7-8,15-17H2,1H3. The van der Waals surface area contributed by atoms with E-state index < -0.39 is 0 Å². The molecule has 0 N–H and O–H groups in total. The van der Waals surface area contributed by atoms with E-state index in [4.69, 9.17) is 16.3 Å². The zero-order chi connectivity index (χ0) is 22.3. The monoisotopic (exact) mass is 470 g/mol. The molecule has 1 amide bonds. The number of carbonyl (C=O) groups excluding carboxylic acids is 1. The smallest absolute Gasteiger partial charge is 0.233 e. The van der Waals surface area contributed by atoms with Crippen molar-refractivity contribution in [1.82, 2.24) is 19.7 Å². The third kappa shape index (κ3) is 5.27. The molecule has 0 bridgehead atoms. The molecule has 168 valence electrons. The van der Waals surface area contributed by atoms with Gasteiger partial charge in [0.1, 0.15) is 5.75 Å². The highest BCUT2D eigenvalue weighted by molar-refractivity contribution is 7.99. The normalized spacial score (nSPS) is 14.2. The highest BCUT2D eigenvalue weighted by atomic mass is 35.5. The maximum absolute atomic E-state index is 12.8. The Hall–Kier alpha value is -2.51. The largest absolute Gasteiger partial charge is 0.494 e. The first-order valence-electron chi connectivity index (χ1n) is 11.0. The van der Waals surface area contributed by atoms with Crippen LogP contribution in [0.2, 0.25) is 5.02 Å². The summed E-state index contributed by atoms with van der Waals surface area (Å²) in [4.78, 5) is 14.8. The van der Waals surface area contributed by atoms with E-state index in [1.54, 1.807) is 0 Å². The molecule has 1 aromatic heterocycles. The van der Waals surface area contributed by atoms with Gasteiger partial charge in [-0.2, -0.15) is 0 Å². The zero-order valence-corrected chi connectivity index (χ0v) is 19.7. The number of hydrogen-bond donors (Lipinski definition) is 0. The Balaban J connectivity index is 1.63. The number of rotatable bonds is 7. The minimum Gasteiger partial charge on any atom is -0.494 e. The molecule has 1 saturated heterocycles. The predicted octanol–water partition coefficient (Wildman–Crippen LogP) is 5.48. The molecule has 0 atom stereocenters. The quantitative estimate of drug-likeness (QED) is 0.428. The van der Waals surface area contributed by atoms with Crippen LogP contribution in [0.4, 0.5) is 0 Å². The fourth-order valence-corrected chi connectivity index (χ4v) is 4.88. The van der Waals surface area contributed by atoms with Crippen LogP contribution in [0.15, 0.2) is 53.7 Å². The summed E-state index contributed by atoms with van der Waals surface area (Å²) in [6.45, 7) is 4.25. The molecule has 1 aliphatic rings. The first kappa shape index (κ1) is 22.7. The Morgan fingerprint density at radius 2 is 1.75 bits per heavy atom. The lowest BCUT2D eigenvalue weighted by atomic mass is 10.2. The molecular formula is C24H27ClN4O2S. The van der Waals surface area contributed by atoms with Crippen molar-refractivity contribution in [3.63, 3.8) is 0 Å². The van der Waals surface area contributed by atoms with E-state index in [2.05, 4.69) is 10.2 Å². The number of hydrogen-bond acceptors (Lipinski definition) is 5. The molecule has 4 rings (SSSR count). The lowest BCUT2D eigenvalue weighted by molar-refractivity contribution is -0.128. The number of nitrogens with zero attached hydrogens (tertiary/aromatic N) is 4. The van der Waals surface area contributed by atoms with Crippen molar-refractivity contribution in [3.05, 3.63) is 53.6 Å². The van der Waals surface area contributed by atoms with E-state index >= 15 is 0 Å². The summed E-state index contributed by atoms with van der Waals surface area (Å²) >= 11 is 7.88. The second-order valence-corrected chi connectivity index (χ2v) is 8.98. The molecular weight excluding hydrogens is 444 g/mol. The third-order valence-electron chi connectivity index (χ3n) is 5.44. The molecule has 1 aliphatic heterocycles. The molecule has 0 saturated carbocycles. The van der Waals surface area contributed by atoms with Gasteiger partial charge in [0.25, 0.3) is 0 Å². The number of benzene rings is 2. The van der Waals surface area contributed by atoms with E-state index in [0.717, 1.165) is 42.9 Å². The van der Waals surface area contributed by atoms with Gasteiger partial charge in [-0.1, -0.05) is 48.3 Å². The number of thioether (sulfide) groups is 1. The van der Waals surface area contributed by atoms with Crippen molar-refractivity contribution in [1.29, 1.82) is 0 Å². The Morgan fingerprint density at radius 3 is 2.44 bits per heavy atom. The zero-order valence-electron chi connectivity index (χ0n) is 18.2. The SMILES string of the molecule is CCOc1ccc(-n2c(SCC(=O)N3CCCCCC3)nnc2-c2ccccc2Cl)cc1. The van der Waals surface area contributed by atoms with Gasteiger partial charge >= 0.3 is 0 Å². The molecule has 0 spiro atoms. The van der Waals surface area contributed by atoms with E-state index in [-0.39, 0.29) is 5.91 Å². The Bertz CT molecular complexity index is 1050. The van der Waals surface area contributed by atoms with Crippen molar-refractivity contribution in [3.8, 4) is 22.8 Å². The predicted molar refractivity (Wildman–Crippen MR) is 129 cm³/mol. The molecule has 0 radical (unpaired) electrons. The van der Waals surface area contributed by atoms with Gasteiger partial charge in [-0.05, 0) is 56.2 Å². The lowest BCUT2D eigenvalue weighted by Gasteiger charge is -2.20. The minimum absolute atomic E-state index is 0.150. The summed E-state index contributed by atoms with van der Waals surface area (Å²) in [6.07, 6.45) is 4.55. The Kier molecular flexibility index (Phi) is 7.71. The average molecular weight is 471 g/mol. The van der Waals surface area contributed by atoms with Crippen LogP contribution in [0.3, 0.4) is 0 Å². The van der Waals surface area contributed by atoms with Crippen LogP contribution in [-0.4, -0.2) is 51.0 Å². The first-order valence-corrected chi connectivity index (χ1v) is 12.4. The first-order chi connectivity index (χ1) is 15.7.